The van der Waals surface area contributed by atoms with Gasteiger partial charge < -0.3 is 20.1 Å². The van der Waals surface area contributed by atoms with Crippen molar-refractivity contribution < 1.29 is 20.1 Å². The third-order valence-corrected chi connectivity index (χ3v) is 2.39. The Bertz CT molecular complexity index is 329. The molecule has 3 N–H and O–H groups in total. The summed E-state index contributed by atoms with van der Waals surface area (Å²) in [6, 6.07) is 4.40. The molecule has 15 heavy (non-hydrogen) atoms. The van der Waals surface area contributed by atoms with Crippen LogP contribution < -0.4 is 4.74 Å². The van der Waals surface area contributed by atoms with Gasteiger partial charge in [0.25, 0.3) is 0 Å². The van der Waals surface area contributed by atoms with E-state index in [9.17, 15) is 15.3 Å². The molecule has 0 saturated carbocycles. The van der Waals surface area contributed by atoms with E-state index in [0.29, 0.717) is 5.75 Å². The van der Waals surface area contributed by atoms with E-state index in [1.165, 1.54) is 19.2 Å². The molecular weight excluding hydrogens is 220 g/mol. The molecule has 1 rings (SSSR count). The molecular formula is C10H13ClO4. The SMILES string of the molecule is COc1ccc(O)c(C(O)C(O)CCl)c1. The number of aromatic hydroxyl groups is 1. The van der Waals surface area contributed by atoms with Crippen LogP contribution in [-0.4, -0.2) is 34.4 Å². The van der Waals surface area contributed by atoms with Gasteiger partial charge in [-0.15, -0.1) is 11.6 Å². The number of halogens is 1. The van der Waals surface area contributed by atoms with E-state index in [0.717, 1.165) is 0 Å². The number of hydrogen-bond donors (Lipinski definition) is 3. The number of phenols is 1. The molecule has 0 saturated heterocycles. The first-order valence-electron chi connectivity index (χ1n) is 4.39. The zero-order valence-corrected chi connectivity index (χ0v) is 8.98. The molecule has 2 atom stereocenters. The van der Waals surface area contributed by atoms with Crippen LogP contribution in [0.25, 0.3) is 0 Å². The van der Waals surface area contributed by atoms with Crippen LogP contribution >= 0.6 is 11.6 Å². The van der Waals surface area contributed by atoms with Gasteiger partial charge in [-0.1, -0.05) is 0 Å². The van der Waals surface area contributed by atoms with Gasteiger partial charge in [0.05, 0.1) is 19.1 Å². The molecule has 0 radical (unpaired) electrons. The lowest BCUT2D eigenvalue weighted by atomic mass is 10.0. The average molecular weight is 233 g/mol. The number of hydrogen-bond acceptors (Lipinski definition) is 4. The molecule has 0 fully saturated rings. The van der Waals surface area contributed by atoms with Crippen LogP contribution in [0.1, 0.15) is 11.7 Å². The third-order valence-electron chi connectivity index (χ3n) is 2.08. The molecule has 0 aliphatic rings. The van der Waals surface area contributed by atoms with Gasteiger partial charge in [-0.25, -0.2) is 0 Å². The number of benzene rings is 1. The molecule has 0 aliphatic carbocycles. The van der Waals surface area contributed by atoms with Crippen molar-refractivity contribution in [3.8, 4) is 11.5 Å². The fourth-order valence-corrected chi connectivity index (χ4v) is 1.36. The van der Waals surface area contributed by atoms with Crippen LogP contribution in [-0.2, 0) is 0 Å². The van der Waals surface area contributed by atoms with Crippen molar-refractivity contribution >= 4 is 11.6 Å². The Hall–Kier alpha value is -0.970. The highest BCUT2D eigenvalue weighted by Gasteiger charge is 2.20. The van der Waals surface area contributed by atoms with Crippen molar-refractivity contribution in [2.45, 2.75) is 12.2 Å². The molecule has 4 nitrogen and oxygen atoms in total. The monoisotopic (exact) mass is 232 g/mol. The van der Waals surface area contributed by atoms with Gasteiger partial charge in [-0.3, -0.25) is 0 Å². The maximum Gasteiger partial charge on any atom is 0.121 e. The summed E-state index contributed by atoms with van der Waals surface area (Å²) in [5.41, 5.74) is 0.197. The second-order valence-electron chi connectivity index (χ2n) is 3.09. The van der Waals surface area contributed by atoms with Crippen molar-refractivity contribution in [3.63, 3.8) is 0 Å². The predicted molar refractivity (Wildman–Crippen MR) is 56.3 cm³/mol. The Kier molecular flexibility index (Phi) is 4.20. The predicted octanol–water partition coefficient (Wildman–Crippen LogP) is 1.03. The minimum Gasteiger partial charge on any atom is -0.508 e. The first-order valence-corrected chi connectivity index (χ1v) is 4.92. The molecule has 0 bridgehead atoms. The normalized spacial score (nSPS) is 14.7. The lowest BCUT2D eigenvalue weighted by Crippen LogP contribution is -2.19. The van der Waals surface area contributed by atoms with Gasteiger partial charge in [0.1, 0.15) is 17.6 Å². The van der Waals surface area contributed by atoms with E-state index in [4.69, 9.17) is 16.3 Å². The van der Waals surface area contributed by atoms with Crippen molar-refractivity contribution in [1.82, 2.24) is 0 Å². The lowest BCUT2D eigenvalue weighted by molar-refractivity contribution is 0.0311. The number of ether oxygens (including phenoxy) is 1. The van der Waals surface area contributed by atoms with Gasteiger partial charge >= 0.3 is 0 Å². The van der Waals surface area contributed by atoms with Crippen LogP contribution in [0, 0.1) is 0 Å². The van der Waals surface area contributed by atoms with E-state index in [-0.39, 0.29) is 17.2 Å². The van der Waals surface area contributed by atoms with Crippen LogP contribution in [0.4, 0.5) is 0 Å². The number of phenolic OH excluding ortho intramolecular Hbond substituents is 1. The Balaban J connectivity index is 3.01. The number of alkyl halides is 1. The minimum atomic E-state index is -1.22. The lowest BCUT2D eigenvalue weighted by Gasteiger charge is -2.17. The Morgan fingerprint density at radius 3 is 2.60 bits per heavy atom. The third kappa shape index (κ3) is 2.75. The fraction of sp³-hybridized carbons (Fsp3) is 0.400. The number of aliphatic hydroxyl groups is 2. The summed E-state index contributed by atoms with van der Waals surface area (Å²) in [7, 11) is 1.47. The summed E-state index contributed by atoms with van der Waals surface area (Å²) in [5, 5.41) is 28.4. The van der Waals surface area contributed by atoms with Crippen molar-refractivity contribution in [3.05, 3.63) is 23.8 Å². The molecule has 0 aromatic heterocycles. The zero-order chi connectivity index (χ0) is 11.4. The Morgan fingerprint density at radius 1 is 1.40 bits per heavy atom. The molecule has 2 unspecified atom stereocenters. The minimum absolute atomic E-state index is 0.104. The maximum atomic E-state index is 9.64. The smallest absolute Gasteiger partial charge is 0.121 e. The van der Waals surface area contributed by atoms with Crippen LogP contribution in [0.15, 0.2) is 18.2 Å². The molecule has 0 aliphatic heterocycles. The molecule has 1 aromatic rings. The summed E-state index contributed by atoms with van der Waals surface area (Å²) in [4.78, 5) is 0. The van der Waals surface area contributed by atoms with E-state index in [1.54, 1.807) is 6.07 Å². The van der Waals surface area contributed by atoms with Gasteiger partial charge in [0.15, 0.2) is 0 Å². The van der Waals surface area contributed by atoms with E-state index in [2.05, 4.69) is 0 Å². The first kappa shape index (κ1) is 12.1. The van der Waals surface area contributed by atoms with E-state index < -0.39 is 12.2 Å². The fourth-order valence-electron chi connectivity index (χ4n) is 1.19. The Morgan fingerprint density at radius 2 is 2.07 bits per heavy atom. The molecule has 0 heterocycles. The van der Waals surface area contributed by atoms with Crippen LogP contribution in [0.3, 0.4) is 0 Å². The van der Waals surface area contributed by atoms with E-state index >= 15 is 0 Å². The quantitative estimate of drug-likeness (QED) is 0.679. The standard InChI is InChI=1S/C10H13ClO4/c1-15-6-2-3-8(12)7(4-6)10(14)9(13)5-11/h2-4,9-10,12-14H,5H2,1H3. The van der Waals surface area contributed by atoms with Crippen LogP contribution in [0.2, 0.25) is 0 Å². The van der Waals surface area contributed by atoms with Crippen LogP contribution in [0.5, 0.6) is 11.5 Å². The van der Waals surface area contributed by atoms with Gasteiger partial charge in [-0.2, -0.15) is 0 Å². The van der Waals surface area contributed by atoms with E-state index in [1.807, 2.05) is 0 Å². The number of aliphatic hydroxyl groups excluding tert-OH is 2. The van der Waals surface area contributed by atoms with Crippen molar-refractivity contribution in [1.29, 1.82) is 0 Å². The highest BCUT2D eigenvalue weighted by Crippen LogP contribution is 2.30. The van der Waals surface area contributed by atoms with Gasteiger partial charge in [0.2, 0.25) is 0 Å². The zero-order valence-electron chi connectivity index (χ0n) is 8.22. The summed E-state index contributed by atoms with van der Waals surface area (Å²) >= 11 is 5.40. The Labute approximate surface area is 92.7 Å². The topological polar surface area (TPSA) is 69.9 Å². The average Bonchev–Trinajstić information content (AvgIpc) is 2.27. The van der Waals surface area contributed by atoms with Crippen molar-refractivity contribution in [2.75, 3.05) is 13.0 Å². The number of rotatable bonds is 4. The molecule has 84 valence electrons. The largest absolute Gasteiger partial charge is 0.508 e. The summed E-state index contributed by atoms with van der Waals surface area (Å²) < 4.78 is 4.94. The molecule has 5 heteroatoms. The van der Waals surface area contributed by atoms with Gasteiger partial charge in [0, 0.05) is 5.56 Å². The molecule has 1 aromatic carbocycles. The molecule has 0 spiro atoms. The first-order chi connectivity index (χ1) is 7.10. The second-order valence-corrected chi connectivity index (χ2v) is 3.40. The summed E-state index contributed by atoms with van der Waals surface area (Å²) in [5.74, 6) is 0.272. The maximum absolute atomic E-state index is 9.64. The summed E-state index contributed by atoms with van der Waals surface area (Å²) in [6.45, 7) is 0. The highest BCUT2D eigenvalue weighted by molar-refractivity contribution is 6.18. The number of methoxy groups -OCH3 is 1. The summed E-state index contributed by atoms with van der Waals surface area (Å²) in [6.07, 6.45) is -2.35. The molecule has 0 amide bonds. The second kappa shape index (κ2) is 5.21. The van der Waals surface area contributed by atoms with Crippen molar-refractivity contribution in [2.24, 2.45) is 0 Å². The highest BCUT2D eigenvalue weighted by atomic mass is 35.5. The van der Waals surface area contributed by atoms with Gasteiger partial charge in [-0.05, 0) is 18.2 Å².